The Kier molecular flexibility index (Phi) is 5.25. The maximum absolute atomic E-state index is 11.3. The highest BCUT2D eigenvalue weighted by atomic mass is 16.5. The first-order valence-corrected chi connectivity index (χ1v) is 5.63. The van der Waals surface area contributed by atoms with Crippen molar-refractivity contribution in [1.29, 1.82) is 0 Å². The van der Waals surface area contributed by atoms with Gasteiger partial charge in [-0.25, -0.2) is 0 Å². The van der Waals surface area contributed by atoms with E-state index in [-0.39, 0.29) is 17.7 Å². The zero-order valence-corrected chi connectivity index (χ0v) is 9.57. The lowest BCUT2D eigenvalue weighted by Crippen LogP contribution is -2.33. The van der Waals surface area contributed by atoms with Crippen molar-refractivity contribution in [2.75, 3.05) is 20.3 Å². The van der Waals surface area contributed by atoms with Crippen LogP contribution in [-0.4, -0.2) is 37.2 Å². The summed E-state index contributed by atoms with van der Waals surface area (Å²) in [5.74, 6) is -1.02. The smallest absolute Gasteiger partial charge is 0.306 e. The monoisotopic (exact) mass is 229 g/mol. The molecule has 16 heavy (non-hydrogen) atoms. The third-order valence-corrected chi connectivity index (χ3v) is 3.07. The van der Waals surface area contributed by atoms with Gasteiger partial charge < -0.3 is 15.2 Å². The Morgan fingerprint density at radius 2 is 2.19 bits per heavy atom. The molecule has 2 unspecified atom stereocenters. The van der Waals surface area contributed by atoms with Crippen molar-refractivity contribution in [3.63, 3.8) is 0 Å². The van der Waals surface area contributed by atoms with Crippen molar-refractivity contribution in [2.45, 2.75) is 25.7 Å². The first-order chi connectivity index (χ1) is 7.65. The van der Waals surface area contributed by atoms with Gasteiger partial charge in [0.25, 0.3) is 0 Å². The SMILES string of the molecule is COCCC(=O)NCC1CCCC1C(=O)O. The third kappa shape index (κ3) is 3.81. The average molecular weight is 229 g/mol. The van der Waals surface area contributed by atoms with Crippen molar-refractivity contribution < 1.29 is 19.4 Å². The van der Waals surface area contributed by atoms with Crippen LogP contribution in [0.4, 0.5) is 0 Å². The van der Waals surface area contributed by atoms with Gasteiger partial charge in [-0.3, -0.25) is 9.59 Å². The van der Waals surface area contributed by atoms with Crippen LogP contribution >= 0.6 is 0 Å². The molecular weight excluding hydrogens is 210 g/mol. The number of amides is 1. The lowest BCUT2D eigenvalue weighted by molar-refractivity contribution is -0.143. The number of methoxy groups -OCH3 is 1. The lowest BCUT2D eigenvalue weighted by Gasteiger charge is -2.16. The van der Waals surface area contributed by atoms with Crippen molar-refractivity contribution >= 4 is 11.9 Å². The molecule has 5 nitrogen and oxygen atoms in total. The van der Waals surface area contributed by atoms with Gasteiger partial charge in [-0.05, 0) is 18.8 Å². The number of hydrogen-bond donors (Lipinski definition) is 2. The van der Waals surface area contributed by atoms with E-state index in [2.05, 4.69) is 5.32 Å². The van der Waals surface area contributed by atoms with Crippen LogP contribution in [0.15, 0.2) is 0 Å². The number of carboxylic acid groups (broad SMARTS) is 1. The molecule has 1 aliphatic carbocycles. The molecule has 1 rings (SSSR count). The molecule has 0 aromatic rings. The number of hydrogen-bond acceptors (Lipinski definition) is 3. The van der Waals surface area contributed by atoms with Gasteiger partial charge in [0.1, 0.15) is 0 Å². The Morgan fingerprint density at radius 1 is 1.44 bits per heavy atom. The summed E-state index contributed by atoms with van der Waals surface area (Å²) in [6.45, 7) is 0.873. The second-order valence-electron chi connectivity index (χ2n) is 4.18. The number of carbonyl (C=O) groups excluding carboxylic acids is 1. The molecule has 1 aliphatic rings. The highest BCUT2D eigenvalue weighted by Gasteiger charge is 2.32. The van der Waals surface area contributed by atoms with E-state index in [0.717, 1.165) is 19.3 Å². The second-order valence-corrected chi connectivity index (χ2v) is 4.18. The van der Waals surface area contributed by atoms with E-state index in [4.69, 9.17) is 9.84 Å². The minimum Gasteiger partial charge on any atom is -0.481 e. The molecule has 1 amide bonds. The van der Waals surface area contributed by atoms with E-state index < -0.39 is 5.97 Å². The topological polar surface area (TPSA) is 75.6 Å². The Balaban J connectivity index is 2.26. The fourth-order valence-electron chi connectivity index (χ4n) is 2.13. The molecule has 1 saturated carbocycles. The highest BCUT2D eigenvalue weighted by molar-refractivity contribution is 5.76. The first-order valence-electron chi connectivity index (χ1n) is 5.63. The molecule has 0 bridgehead atoms. The van der Waals surface area contributed by atoms with Crippen LogP contribution in [-0.2, 0) is 14.3 Å². The van der Waals surface area contributed by atoms with E-state index >= 15 is 0 Å². The van der Waals surface area contributed by atoms with Gasteiger partial charge in [-0.15, -0.1) is 0 Å². The molecule has 92 valence electrons. The predicted octanol–water partition coefficient (Wildman–Crippen LogP) is 0.640. The molecule has 2 N–H and O–H groups in total. The van der Waals surface area contributed by atoms with Gasteiger partial charge in [-0.1, -0.05) is 6.42 Å². The Hall–Kier alpha value is -1.10. The van der Waals surface area contributed by atoms with Gasteiger partial charge >= 0.3 is 5.97 Å². The molecule has 5 heteroatoms. The van der Waals surface area contributed by atoms with Crippen LogP contribution in [0.5, 0.6) is 0 Å². The maximum atomic E-state index is 11.3. The fraction of sp³-hybridized carbons (Fsp3) is 0.818. The average Bonchev–Trinajstić information content (AvgIpc) is 2.71. The summed E-state index contributed by atoms with van der Waals surface area (Å²) >= 11 is 0. The normalized spacial score (nSPS) is 24.3. The fourth-order valence-corrected chi connectivity index (χ4v) is 2.13. The summed E-state index contributed by atoms with van der Waals surface area (Å²) in [7, 11) is 1.55. The zero-order valence-electron chi connectivity index (χ0n) is 9.57. The number of nitrogens with one attached hydrogen (secondary N) is 1. The van der Waals surface area contributed by atoms with Gasteiger partial charge in [0.2, 0.25) is 5.91 Å². The summed E-state index contributed by atoms with van der Waals surface area (Å²) in [6, 6.07) is 0. The van der Waals surface area contributed by atoms with Crippen LogP contribution < -0.4 is 5.32 Å². The molecule has 0 saturated heterocycles. The summed E-state index contributed by atoms with van der Waals surface area (Å²) in [5, 5.41) is 11.7. The number of aliphatic carboxylic acids is 1. The minimum absolute atomic E-state index is 0.0714. The van der Waals surface area contributed by atoms with Crippen molar-refractivity contribution in [1.82, 2.24) is 5.32 Å². The van der Waals surface area contributed by atoms with Crippen molar-refractivity contribution in [3.8, 4) is 0 Å². The van der Waals surface area contributed by atoms with E-state index in [1.165, 1.54) is 0 Å². The number of carbonyl (C=O) groups is 2. The number of carboxylic acids is 1. The van der Waals surface area contributed by atoms with Gasteiger partial charge in [0.05, 0.1) is 12.5 Å². The lowest BCUT2D eigenvalue weighted by atomic mass is 9.96. The van der Waals surface area contributed by atoms with E-state index in [9.17, 15) is 9.59 Å². The minimum atomic E-state index is -0.742. The Labute approximate surface area is 95.2 Å². The standard InChI is InChI=1S/C11H19NO4/c1-16-6-5-10(13)12-7-8-3-2-4-9(8)11(14)15/h8-9H,2-7H2,1H3,(H,12,13)(H,14,15). The van der Waals surface area contributed by atoms with Crippen LogP contribution in [0, 0.1) is 11.8 Å². The van der Waals surface area contributed by atoms with E-state index in [1.54, 1.807) is 7.11 Å². The molecule has 0 aromatic carbocycles. The molecule has 0 spiro atoms. The molecule has 2 atom stereocenters. The summed E-state index contributed by atoms with van der Waals surface area (Å²) in [4.78, 5) is 22.2. The van der Waals surface area contributed by atoms with Gasteiger partial charge in [0, 0.05) is 20.1 Å². The van der Waals surface area contributed by atoms with Crippen molar-refractivity contribution in [3.05, 3.63) is 0 Å². The first kappa shape index (κ1) is 13.0. The molecule has 0 aromatic heterocycles. The van der Waals surface area contributed by atoms with Crippen LogP contribution in [0.1, 0.15) is 25.7 Å². The summed E-state index contributed by atoms with van der Waals surface area (Å²) < 4.78 is 4.79. The van der Waals surface area contributed by atoms with Gasteiger partial charge in [-0.2, -0.15) is 0 Å². The molecule has 0 aliphatic heterocycles. The molecular formula is C11H19NO4. The number of ether oxygens (including phenoxy) is 1. The van der Waals surface area contributed by atoms with Gasteiger partial charge in [0.15, 0.2) is 0 Å². The highest BCUT2D eigenvalue weighted by Crippen LogP contribution is 2.31. The van der Waals surface area contributed by atoms with E-state index in [0.29, 0.717) is 19.6 Å². The number of rotatable bonds is 6. The zero-order chi connectivity index (χ0) is 12.0. The Morgan fingerprint density at radius 3 is 2.81 bits per heavy atom. The quantitative estimate of drug-likeness (QED) is 0.701. The maximum Gasteiger partial charge on any atom is 0.306 e. The predicted molar refractivity (Wildman–Crippen MR) is 58.0 cm³/mol. The largest absolute Gasteiger partial charge is 0.481 e. The Bertz CT molecular complexity index is 254. The van der Waals surface area contributed by atoms with Crippen LogP contribution in [0.3, 0.4) is 0 Å². The molecule has 1 fully saturated rings. The summed E-state index contributed by atoms with van der Waals surface area (Å²) in [6.07, 6.45) is 2.89. The van der Waals surface area contributed by atoms with Crippen LogP contribution in [0.2, 0.25) is 0 Å². The molecule has 0 radical (unpaired) electrons. The third-order valence-electron chi connectivity index (χ3n) is 3.07. The van der Waals surface area contributed by atoms with E-state index in [1.807, 2.05) is 0 Å². The summed E-state index contributed by atoms with van der Waals surface area (Å²) in [5.41, 5.74) is 0. The second kappa shape index (κ2) is 6.48. The van der Waals surface area contributed by atoms with Crippen LogP contribution in [0.25, 0.3) is 0 Å². The molecule has 0 heterocycles. The van der Waals surface area contributed by atoms with Crippen molar-refractivity contribution in [2.24, 2.45) is 11.8 Å².